The van der Waals surface area contributed by atoms with Crippen LogP contribution in [0.15, 0.2) is 128 Å². The maximum absolute atomic E-state index is 14.9. The van der Waals surface area contributed by atoms with Crippen LogP contribution in [0.2, 0.25) is 0 Å². The smallest absolute Gasteiger partial charge is 0.257 e. The molecule has 6 rings (SSSR count). The number of hydrogen-bond acceptors (Lipinski definition) is 4. The van der Waals surface area contributed by atoms with E-state index >= 15 is 0 Å². The molecule has 44 heavy (non-hydrogen) atoms. The van der Waals surface area contributed by atoms with Crippen LogP contribution in [0.5, 0.6) is 0 Å². The monoisotopic (exact) mass is 593 g/mol. The number of piperidine rings is 1. The molecule has 1 saturated heterocycles. The predicted octanol–water partition coefficient (Wildman–Crippen LogP) is 5.81. The fourth-order valence-electron chi connectivity index (χ4n) is 6.24. The molecule has 1 N–H and O–H groups in total. The van der Waals surface area contributed by atoms with Gasteiger partial charge in [0, 0.05) is 37.8 Å². The Labute approximate surface area is 255 Å². The number of halogens is 2. The molecule has 0 saturated carbocycles. The molecular weight excluding hydrogens is 560 g/mol. The highest BCUT2D eigenvalue weighted by Crippen LogP contribution is 2.42. The number of carbonyl (C=O) groups excluding carboxylic acids is 1. The number of pyridine rings is 1. The van der Waals surface area contributed by atoms with E-state index in [9.17, 15) is 18.8 Å². The normalized spacial score (nSPS) is 17.6. The summed E-state index contributed by atoms with van der Waals surface area (Å²) in [5.41, 5.74) is 2.64. The number of nitrogens with zero attached hydrogens (tertiary/aromatic N) is 4. The largest absolute Gasteiger partial charge is 0.619 e. The van der Waals surface area contributed by atoms with E-state index in [2.05, 4.69) is 46.7 Å². The standard InChI is InChI=1S/C35H33F2N5O2/c1-26(40-22-19-34(36,37)31(23-40)27-17-20-42(44)21-18-27)33(43)39-32-24-41(25-38-32)35(28-11-5-2-6-12-28,29-13-7-3-8-14-29)30-15-9-4-10-16-30/h2-18,20-21,24-26,31H,19,22-23H2,1H3,(H,39,43)/t26?,31-/m1/s1. The van der Waals surface area contributed by atoms with Crippen molar-refractivity contribution in [2.45, 2.75) is 36.8 Å². The molecule has 0 spiro atoms. The van der Waals surface area contributed by atoms with E-state index in [1.54, 1.807) is 18.2 Å². The summed E-state index contributed by atoms with van der Waals surface area (Å²) in [6, 6.07) is 32.5. The minimum absolute atomic E-state index is 0.0158. The predicted molar refractivity (Wildman–Crippen MR) is 164 cm³/mol. The number of rotatable bonds is 8. The fourth-order valence-corrected chi connectivity index (χ4v) is 6.24. The van der Waals surface area contributed by atoms with Crippen molar-refractivity contribution < 1.29 is 18.3 Å². The summed E-state index contributed by atoms with van der Waals surface area (Å²) in [4.78, 5) is 19.8. The molecule has 0 radical (unpaired) electrons. The Morgan fingerprint density at radius 3 is 1.98 bits per heavy atom. The van der Waals surface area contributed by atoms with Gasteiger partial charge in [0.25, 0.3) is 5.92 Å². The number of carbonyl (C=O) groups is 1. The number of benzene rings is 3. The van der Waals surface area contributed by atoms with Crippen LogP contribution >= 0.6 is 0 Å². The SMILES string of the molecule is CC(C(=O)Nc1cn(C(c2ccccc2)(c2ccccc2)c2ccccc2)cn1)N1CCC(F)(F)[C@@H](c2cc[n+]([O-])cc2)C1. The number of imidazole rings is 1. The molecule has 5 aromatic rings. The lowest BCUT2D eigenvalue weighted by Gasteiger charge is -2.40. The Morgan fingerprint density at radius 2 is 1.45 bits per heavy atom. The number of amides is 1. The Balaban J connectivity index is 1.29. The Hall–Kier alpha value is -4.89. The second-order valence-corrected chi connectivity index (χ2v) is 11.2. The van der Waals surface area contributed by atoms with Crippen LogP contribution in [0.4, 0.5) is 14.6 Å². The molecule has 1 fully saturated rings. The van der Waals surface area contributed by atoms with Crippen LogP contribution < -0.4 is 10.0 Å². The lowest BCUT2D eigenvalue weighted by atomic mass is 9.77. The van der Waals surface area contributed by atoms with Crippen molar-refractivity contribution in [1.29, 1.82) is 0 Å². The molecule has 7 nitrogen and oxygen atoms in total. The molecule has 1 aliphatic heterocycles. The summed E-state index contributed by atoms with van der Waals surface area (Å²) in [5, 5.41) is 14.4. The van der Waals surface area contributed by atoms with Gasteiger partial charge in [-0.3, -0.25) is 9.69 Å². The minimum Gasteiger partial charge on any atom is -0.619 e. The lowest BCUT2D eigenvalue weighted by molar-refractivity contribution is -0.605. The number of anilines is 1. The molecule has 1 unspecified atom stereocenters. The molecule has 224 valence electrons. The second kappa shape index (κ2) is 12.0. The zero-order valence-electron chi connectivity index (χ0n) is 24.3. The molecule has 2 aromatic heterocycles. The highest BCUT2D eigenvalue weighted by atomic mass is 19.3. The van der Waals surface area contributed by atoms with Crippen molar-refractivity contribution in [3.8, 4) is 0 Å². The molecule has 9 heteroatoms. The number of aromatic nitrogens is 3. The van der Waals surface area contributed by atoms with Gasteiger partial charge >= 0.3 is 0 Å². The molecule has 0 bridgehead atoms. The van der Waals surface area contributed by atoms with Crippen LogP contribution in [0, 0.1) is 5.21 Å². The zero-order valence-corrected chi connectivity index (χ0v) is 24.3. The maximum atomic E-state index is 14.9. The number of nitrogens with one attached hydrogen (secondary N) is 1. The van der Waals surface area contributed by atoms with Gasteiger partial charge in [-0.05, 0) is 29.2 Å². The van der Waals surface area contributed by atoms with Gasteiger partial charge in [-0.2, -0.15) is 4.73 Å². The Kier molecular flexibility index (Phi) is 7.97. The van der Waals surface area contributed by atoms with E-state index in [4.69, 9.17) is 0 Å². The molecule has 3 heterocycles. The molecule has 3 aromatic carbocycles. The van der Waals surface area contributed by atoms with Gasteiger partial charge in [-0.25, -0.2) is 13.8 Å². The summed E-state index contributed by atoms with van der Waals surface area (Å²) in [5.74, 6) is -4.06. The maximum Gasteiger partial charge on any atom is 0.257 e. The van der Waals surface area contributed by atoms with E-state index < -0.39 is 23.4 Å². The average molecular weight is 594 g/mol. The zero-order chi connectivity index (χ0) is 30.7. The van der Waals surface area contributed by atoms with Gasteiger partial charge in [0.15, 0.2) is 18.2 Å². The first-order valence-corrected chi connectivity index (χ1v) is 14.6. The summed E-state index contributed by atoms with van der Waals surface area (Å²) in [6.07, 6.45) is 5.58. The van der Waals surface area contributed by atoms with E-state index in [1.165, 1.54) is 24.5 Å². The summed E-state index contributed by atoms with van der Waals surface area (Å²) >= 11 is 0. The van der Waals surface area contributed by atoms with E-state index in [0.29, 0.717) is 16.1 Å². The molecule has 1 aliphatic rings. The fraction of sp³-hybridized carbons (Fsp3) is 0.229. The first-order valence-electron chi connectivity index (χ1n) is 14.6. The van der Waals surface area contributed by atoms with Crippen LogP contribution in [-0.2, 0) is 10.3 Å². The van der Waals surface area contributed by atoms with Crippen molar-refractivity contribution in [2.75, 3.05) is 18.4 Å². The Morgan fingerprint density at radius 1 is 0.932 bits per heavy atom. The molecule has 1 amide bonds. The highest BCUT2D eigenvalue weighted by molar-refractivity contribution is 5.93. The second-order valence-electron chi connectivity index (χ2n) is 11.2. The molecule has 0 aliphatic carbocycles. The molecular formula is C35H33F2N5O2. The number of alkyl halides is 2. The quantitative estimate of drug-likeness (QED) is 0.140. The van der Waals surface area contributed by atoms with Gasteiger partial charge in [-0.15, -0.1) is 0 Å². The summed E-state index contributed by atoms with van der Waals surface area (Å²) in [6.45, 7) is 1.77. The van der Waals surface area contributed by atoms with Crippen molar-refractivity contribution >= 4 is 11.7 Å². The van der Waals surface area contributed by atoms with Crippen molar-refractivity contribution in [3.05, 3.63) is 156 Å². The number of likely N-dealkylation sites (tertiary alicyclic amines) is 1. The van der Waals surface area contributed by atoms with Gasteiger partial charge < -0.3 is 15.1 Å². The lowest BCUT2D eigenvalue weighted by Crippen LogP contribution is -2.52. The van der Waals surface area contributed by atoms with E-state index in [-0.39, 0.29) is 25.4 Å². The first-order chi connectivity index (χ1) is 21.3. The topological polar surface area (TPSA) is 77.1 Å². The van der Waals surface area contributed by atoms with Crippen LogP contribution in [0.1, 0.15) is 41.5 Å². The van der Waals surface area contributed by atoms with Gasteiger partial charge in [0.2, 0.25) is 5.91 Å². The van der Waals surface area contributed by atoms with Crippen LogP contribution in [0.25, 0.3) is 0 Å². The van der Waals surface area contributed by atoms with Crippen molar-refractivity contribution in [3.63, 3.8) is 0 Å². The van der Waals surface area contributed by atoms with Gasteiger partial charge in [-0.1, -0.05) is 91.0 Å². The van der Waals surface area contributed by atoms with Crippen LogP contribution in [0.3, 0.4) is 0 Å². The first kappa shape index (κ1) is 29.2. The third-order valence-corrected chi connectivity index (χ3v) is 8.61. The van der Waals surface area contributed by atoms with Crippen LogP contribution in [-0.4, -0.2) is 45.4 Å². The third-order valence-electron chi connectivity index (χ3n) is 8.61. The third kappa shape index (κ3) is 5.46. The summed E-state index contributed by atoms with van der Waals surface area (Å²) in [7, 11) is 0. The van der Waals surface area contributed by atoms with Crippen molar-refractivity contribution in [2.24, 2.45) is 0 Å². The Bertz CT molecular complexity index is 1600. The minimum atomic E-state index is -2.95. The summed E-state index contributed by atoms with van der Waals surface area (Å²) < 4.78 is 32.5. The number of hydrogen-bond donors (Lipinski definition) is 1. The molecule has 2 atom stereocenters. The van der Waals surface area contributed by atoms with Crippen molar-refractivity contribution in [1.82, 2.24) is 14.5 Å². The highest BCUT2D eigenvalue weighted by Gasteiger charge is 2.46. The van der Waals surface area contributed by atoms with E-state index in [1.807, 2.05) is 65.4 Å². The van der Waals surface area contributed by atoms with Gasteiger partial charge in [0.05, 0.1) is 18.3 Å². The average Bonchev–Trinajstić information content (AvgIpc) is 3.51. The van der Waals surface area contributed by atoms with Gasteiger partial charge in [0.1, 0.15) is 5.54 Å². The van der Waals surface area contributed by atoms with E-state index in [0.717, 1.165) is 16.7 Å².